The van der Waals surface area contributed by atoms with Gasteiger partial charge in [-0.25, -0.2) is 0 Å². The lowest BCUT2D eigenvalue weighted by molar-refractivity contribution is -0.135. The minimum absolute atomic E-state index is 0.0000361. The molecule has 2 aliphatic rings. The summed E-state index contributed by atoms with van der Waals surface area (Å²) < 4.78 is 2.21. The summed E-state index contributed by atoms with van der Waals surface area (Å²) >= 11 is 0. The van der Waals surface area contributed by atoms with Gasteiger partial charge in [0, 0.05) is 42.3 Å². The molecule has 2 aliphatic heterocycles. The van der Waals surface area contributed by atoms with E-state index in [1.807, 2.05) is 36.4 Å². The molecule has 1 atom stereocenters. The number of hydrogen-bond donors (Lipinski definition) is 0. The molecular formula is C23H21N3O3. The van der Waals surface area contributed by atoms with Crippen molar-refractivity contribution in [3.63, 3.8) is 0 Å². The average Bonchev–Trinajstić information content (AvgIpc) is 3.03. The number of aromatic nitrogens is 1. The zero-order valence-electron chi connectivity index (χ0n) is 16.2. The maximum absolute atomic E-state index is 13.1. The van der Waals surface area contributed by atoms with Crippen LogP contribution in [0.5, 0.6) is 0 Å². The van der Waals surface area contributed by atoms with E-state index in [0.29, 0.717) is 25.2 Å². The molecule has 5 rings (SSSR count). The van der Waals surface area contributed by atoms with Crippen LogP contribution in [-0.4, -0.2) is 52.6 Å². The summed E-state index contributed by atoms with van der Waals surface area (Å²) in [6.07, 6.45) is 0.836. The molecule has 2 bridgehead atoms. The van der Waals surface area contributed by atoms with Crippen molar-refractivity contribution in [2.45, 2.75) is 19.0 Å². The van der Waals surface area contributed by atoms with Crippen molar-refractivity contribution in [1.82, 2.24) is 14.4 Å². The van der Waals surface area contributed by atoms with Crippen molar-refractivity contribution in [2.24, 2.45) is 0 Å². The number of carbonyl (C=O) groups excluding carboxylic acids is 3. The summed E-state index contributed by atoms with van der Waals surface area (Å²) in [5, 5.41) is 1.08. The Morgan fingerprint density at radius 3 is 2.55 bits per heavy atom. The maximum atomic E-state index is 13.1. The Bertz CT molecular complexity index is 1150. The minimum Gasteiger partial charge on any atom is -0.338 e. The van der Waals surface area contributed by atoms with Crippen LogP contribution in [0.2, 0.25) is 0 Å². The van der Waals surface area contributed by atoms with Gasteiger partial charge in [-0.2, -0.15) is 0 Å². The summed E-state index contributed by atoms with van der Waals surface area (Å²) in [5.41, 5.74) is 4.85. The topological polar surface area (TPSA) is 62.6 Å². The fraction of sp³-hybridized carbons (Fsp3) is 0.261. The van der Waals surface area contributed by atoms with Crippen LogP contribution in [0.4, 0.5) is 0 Å². The molecule has 3 aromatic rings. The quantitative estimate of drug-likeness (QED) is 0.649. The first-order valence-corrected chi connectivity index (χ1v) is 9.73. The molecule has 2 amide bonds. The first-order chi connectivity index (χ1) is 14.1. The summed E-state index contributed by atoms with van der Waals surface area (Å²) in [7, 11) is 1.70. The molecule has 1 aromatic heterocycles. The molecule has 0 radical (unpaired) electrons. The molecule has 2 aromatic carbocycles. The highest BCUT2D eigenvalue weighted by Gasteiger charge is 2.41. The van der Waals surface area contributed by atoms with Crippen molar-refractivity contribution < 1.29 is 14.4 Å². The number of aldehydes is 1. The van der Waals surface area contributed by atoms with Crippen LogP contribution in [0.15, 0.2) is 48.5 Å². The molecule has 1 fully saturated rings. The van der Waals surface area contributed by atoms with E-state index in [9.17, 15) is 14.4 Å². The normalized spacial score (nSPS) is 18.7. The Hall–Kier alpha value is -3.41. The van der Waals surface area contributed by atoms with Gasteiger partial charge in [-0.15, -0.1) is 0 Å². The first kappa shape index (κ1) is 17.7. The number of fused-ring (bicyclic) bond motifs is 6. The third-order valence-corrected chi connectivity index (χ3v) is 6.07. The number of likely N-dealkylation sites (N-methyl/N-ethyl adjacent to an activating group) is 1. The minimum atomic E-state index is -0.334. The smallest absolute Gasteiger partial charge is 0.242 e. The van der Waals surface area contributed by atoms with Crippen molar-refractivity contribution in [1.29, 1.82) is 0 Å². The zero-order chi connectivity index (χ0) is 20.1. The first-order valence-electron chi connectivity index (χ1n) is 9.73. The van der Waals surface area contributed by atoms with Crippen molar-refractivity contribution >= 4 is 29.0 Å². The zero-order valence-corrected chi connectivity index (χ0v) is 16.2. The summed E-state index contributed by atoms with van der Waals surface area (Å²) in [6, 6.07) is 15.6. The number of hydrogen-bond acceptors (Lipinski definition) is 3. The fourth-order valence-electron chi connectivity index (χ4n) is 4.60. The SMILES string of the molecule is CN1CC(=O)N2Cc3c(c4ccccc4n3Cc3ccc(C=O)cc3)C(C2)C1=O. The van der Waals surface area contributed by atoms with Gasteiger partial charge in [0.15, 0.2) is 0 Å². The van der Waals surface area contributed by atoms with E-state index < -0.39 is 0 Å². The number of nitrogens with zero attached hydrogens (tertiary/aromatic N) is 3. The summed E-state index contributed by atoms with van der Waals surface area (Å²) in [6.45, 7) is 1.70. The molecular weight excluding hydrogens is 366 g/mol. The van der Waals surface area contributed by atoms with E-state index in [1.54, 1.807) is 16.8 Å². The van der Waals surface area contributed by atoms with Gasteiger partial charge in [0.1, 0.15) is 6.29 Å². The molecule has 0 spiro atoms. The number of benzene rings is 2. The van der Waals surface area contributed by atoms with Gasteiger partial charge in [-0.1, -0.05) is 42.5 Å². The van der Waals surface area contributed by atoms with E-state index in [2.05, 4.69) is 16.7 Å². The van der Waals surface area contributed by atoms with Crippen LogP contribution < -0.4 is 0 Å². The third kappa shape index (κ3) is 2.75. The average molecular weight is 387 g/mol. The molecule has 3 heterocycles. The fourth-order valence-corrected chi connectivity index (χ4v) is 4.60. The second-order valence-corrected chi connectivity index (χ2v) is 7.84. The molecule has 0 aliphatic carbocycles. The van der Waals surface area contributed by atoms with Gasteiger partial charge >= 0.3 is 0 Å². The van der Waals surface area contributed by atoms with Gasteiger partial charge in [0.25, 0.3) is 0 Å². The lowest BCUT2D eigenvalue weighted by Gasteiger charge is -2.30. The molecule has 1 unspecified atom stereocenters. The van der Waals surface area contributed by atoms with Gasteiger partial charge in [0.2, 0.25) is 11.8 Å². The summed E-state index contributed by atoms with van der Waals surface area (Å²) in [5.74, 6) is -0.347. The molecule has 6 heteroatoms. The van der Waals surface area contributed by atoms with Gasteiger partial charge in [-0.3, -0.25) is 14.4 Å². The Kier molecular flexibility index (Phi) is 4.01. The van der Waals surface area contributed by atoms with E-state index in [0.717, 1.165) is 34.0 Å². The predicted molar refractivity (Wildman–Crippen MR) is 109 cm³/mol. The Morgan fingerprint density at radius 1 is 1.03 bits per heavy atom. The molecule has 1 saturated heterocycles. The van der Waals surface area contributed by atoms with Crippen LogP contribution in [-0.2, 0) is 22.7 Å². The maximum Gasteiger partial charge on any atom is 0.242 e. The molecule has 146 valence electrons. The highest BCUT2D eigenvalue weighted by Crippen LogP contribution is 2.39. The summed E-state index contributed by atoms with van der Waals surface area (Å²) in [4.78, 5) is 40.0. The van der Waals surface area contributed by atoms with E-state index in [-0.39, 0.29) is 24.3 Å². The van der Waals surface area contributed by atoms with Crippen LogP contribution in [0.3, 0.4) is 0 Å². The van der Waals surface area contributed by atoms with E-state index in [4.69, 9.17) is 0 Å². The van der Waals surface area contributed by atoms with E-state index in [1.165, 1.54) is 0 Å². The molecule has 0 N–H and O–H groups in total. The van der Waals surface area contributed by atoms with Crippen molar-refractivity contribution in [3.8, 4) is 0 Å². The van der Waals surface area contributed by atoms with E-state index >= 15 is 0 Å². The number of amides is 2. The second-order valence-electron chi connectivity index (χ2n) is 7.84. The van der Waals surface area contributed by atoms with Crippen molar-refractivity contribution in [3.05, 3.63) is 70.9 Å². The monoisotopic (exact) mass is 387 g/mol. The van der Waals surface area contributed by atoms with Crippen LogP contribution in [0.1, 0.15) is 33.1 Å². The van der Waals surface area contributed by atoms with Crippen LogP contribution in [0, 0.1) is 0 Å². The highest BCUT2D eigenvalue weighted by molar-refractivity contribution is 5.97. The lowest BCUT2D eigenvalue weighted by Crippen LogP contribution is -2.38. The standard InChI is InChI=1S/C23H21N3O3/c1-24-13-21(28)25-11-18(23(24)29)22-17-4-2-3-5-19(17)26(20(22)12-25)10-15-6-8-16(14-27)9-7-15/h2-9,14,18H,10-13H2,1H3. The third-order valence-electron chi connectivity index (χ3n) is 6.07. The van der Waals surface area contributed by atoms with Crippen LogP contribution >= 0.6 is 0 Å². The highest BCUT2D eigenvalue weighted by atomic mass is 16.2. The number of para-hydroxylation sites is 1. The predicted octanol–water partition coefficient (Wildman–Crippen LogP) is 2.40. The van der Waals surface area contributed by atoms with Gasteiger partial charge in [0.05, 0.1) is 19.0 Å². The largest absolute Gasteiger partial charge is 0.338 e. The molecule has 6 nitrogen and oxygen atoms in total. The van der Waals surface area contributed by atoms with Gasteiger partial charge in [-0.05, 0) is 17.2 Å². The Morgan fingerprint density at radius 2 is 1.79 bits per heavy atom. The van der Waals surface area contributed by atoms with Gasteiger partial charge < -0.3 is 14.4 Å². The Balaban J connectivity index is 1.68. The Labute approximate surface area is 168 Å². The number of rotatable bonds is 3. The van der Waals surface area contributed by atoms with Crippen LogP contribution in [0.25, 0.3) is 10.9 Å². The lowest BCUT2D eigenvalue weighted by atomic mass is 9.91. The molecule has 29 heavy (non-hydrogen) atoms. The number of carbonyl (C=O) groups is 3. The second kappa shape index (κ2) is 6.58. The molecule has 0 saturated carbocycles. The van der Waals surface area contributed by atoms with Crippen molar-refractivity contribution in [2.75, 3.05) is 20.1 Å².